The molecule has 0 fully saturated rings. The second-order valence-corrected chi connectivity index (χ2v) is 6.36. The van der Waals surface area contributed by atoms with Crippen LogP contribution >= 0.6 is 0 Å². The van der Waals surface area contributed by atoms with E-state index in [1.54, 1.807) is 0 Å². The summed E-state index contributed by atoms with van der Waals surface area (Å²) in [4.78, 5) is 0. The molecule has 0 aromatic rings. The minimum atomic E-state index is -5.75. The molecule has 0 unspecified atom stereocenters. The van der Waals surface area contributed by atoms with Crippen LogP contribution in [-0.4, -0.2) is 40.1 Å². The van der Waals surface area contributed by atoms with Crippen molar-refractivity contribution in [3.05, 3.63) is 0 Å². The van der Waals surface area contributed by atoms with Crippen LogP contribution in [0.4, 0.5) is 0 Å². The summed E-state index contributed by atoms with van der Waals surface area (Å²) in [5.74, 6) is 0. The summed E-state index contributed by atoms with van der Waals surface area (Å²) in [6.07, 6.45) is 0. The first-order valence-corrected chi connectivity index (χ1v) is 10.4. The summed E-state index contributed by atoms with van der Waals surface area (Å²) >= 11 is -17.2. The predicted molar refractivity (Wildman–Crippen MR) is 21.4 cm³/mol. The summed E-state index contributed by atoms with van der Waals surface area (Å²) < 4.78 is 103. The average molecular weight is 767 g/mol. The van der Waals surface area contributed by atoms with E-state index in [2.05, 4.69) is 0 Å². The van der Waals surface area contributed by atoms with E-state index in [0.717, 1.165) is 0 Å². The Hall–Kier alpha value is 2.59. The van der Waals surface area contributed by atoms with Crippen molar-refractivity contribution in [1.29, 1.82) is 0 Å². The molecule has 0 rings (SSSR count). The zero-order chi connectivity index (χ0) is 13.5. The molecule has 0 saturated heterocycles. The first-order valence-electron chi connectivity index (χ1n) is 2.00. The van der Waals surface area contributed by atoms with Gasteiger partial charge in [-0.15, -0.1) is 0 Å². The molecule has 0 saturated carbocycles. The quantitative estimate of drug-likeness (QED) is 0.209. The Morgan fingerprint density at radius 1 is 0.412 bits per heavy atom. The maximum absolute atomic E-state index is 8.59. The van der Waals surface area contributed by atoms with E-state index in [1.165, 1.54) is 0 Å². The third-order valence-corrected chi connectivity index (χ3v) is 0. The van der Waals surface area contributed by atoms with Crippen LogP contribution in [0.15, 0.2) is 0 Å². The van der Waals surface area contributed by atoms with E-state index >= 15 is 0 Å². The van der Waals surface area contributed by atoms with Crippen molar-refractivity contribution in [3.8, 4) is 0 Å². The van der Waals surface area contributed by atoms with Gasteiger partial charge in [-0.2, -0.15) is 0 Å². The van der Waals surface area contributed by atoms with Crippen LogP contribution in [0, 0.1) is 73.7 Å². The van der Waals surface area contributed by atoms with Crippen molar-refractivity contribution in [3.63, 3.8) is 0 Å². The standard InChI is InChI=1S/3H2O4Se.2Tm/c3*1-5(2,3)4;;/h3*(H2,1,2,3,4);;/q;;;2*+3/p-6. The molecule has 116 valence electrons. The van der Waals surface area contributed by atoms with Crippen LogP contribution in [0.3, 0.4) is 0 Å². The number of hydrogen-bond acceptors (Lipinski definition) is 12. The molecular formula is O12Se3Tm2. The van der Waals surface area contributed by atoms with E-state index in [1.807, 2.05) is 0 Å². The van der Waals surface area contributed by atoms with Gasteiger partial charge in [-0.1, -0.05) is 0 Å². The van der Waals surface area contributed by atoms with Gasteiger partial charge in [-0.05, 0) is 0 Å². The molecule has 0 aliphatic carbocycles. The van der Waals surface area contributed by atoms with Crippen LogP contribution in [0.2, 0.25) is 0 Å². The molecule has 0 bridgehead atoms. The van der Waals surface area contributed by atoms with Gasteiger partial charge in [-0.25, -0.2) is 0 Å². The van der Waals surface area contributed by atoms with Gasteiger partial charge >= 0.3 is 162 Å². The number of rotatable bonds is 0. The van der Waals surface area contributed by atoms with Crippen molar-refractivity contribution >= 4 is 40.1 Å². The van der Waals surface area contributed by atoms with E-state index in [4.69, 9.17) is 48.1 Å². The molecule has 0 heterocycles. The molecule has 17 heavy (non-hydrogen) atoms. The third-order valence-electron chi connectivity index (χ3n) is 0. The van der Waals surface area contributed by atoms with Crippen molar-refractivity contribution in [2.75, 3.05) is 0 Å². The average Bonchev–Trinajstić information content (AvgIpc) is 1.41. The molecule has 0 spiro atoms. The van der Waals surface area contributed by atoms with Gasteiger partial charge in [0.05, 0.1) is 0 Å². The Labute approximate surface area is 159 Å². The van der Waals surface area contributed by atoms with Gasteiger partial charge < -0.3 is 0 Å². The normalized spacial score (nSPS) is 10.2. The second kappa shape index (κ2) is 13.6. The Balaban J connectivity index is -0.0000000400. The first kappa shape index (κ1) is 31.8. The maximum atomic E-state index is 8.59. The van der Waals surface area contributed by atoms with Crippen molar-refractivity contribution in [1.82, 2.24) is 0 Å². The molecule has 0 N–H and O–H groups in total. The number of hydrogen-bond donors (Lipinski definition) is 0. The van der Waals surface area contributed by atoms with Gasteiger partial charge in [0.25, 0.3) is 0 Å². The van der Waals surface area contributed by atoms with Gasteiger partial charge in [-0.3, -0.25) is 0 Å². The van der Waals surface area contributed by atoms with Gasteiger partial charge in [0.2, 0.25) is 0 Å². The van der Waals surface area contributed by atoms with Crippen LogP contribution in [0.25, 0.3) is 0 Å². The zero-order valence-corrected chi connectivity index (χ0v) is 15.4. The van der Waals surface area contributed by atoms with Gasteiger partial charge in [0, 0.05) is 0 Å². The molecule has 0 radical (unpaired) electrons. The van der Waals surface area contributed by atoms with Gasteiger partial charge in [0.1, 0.15) is 0 Å². The van der Waals surface area contributed by atoms with E-state index < -0.39 is 40.1 Å². The fourth-order valence-corrected chi connectivity index (χ4v) is 0. The fraction of sp³-hybridized carbons (Fsp3) is 0. The predicted octanol–water partition coefficient (Wildman–Crippen LogP) is -8.99. The van der Waals surface area contributed by atoms with E-state index in [-0.39, 0.29) is 73.7 Å². The molecule has 12 nitrogen and oxygen atoms in total. The molecule has 0 atom stereocenters. The minimum absolute atomic E-state index is 0. The van der Waals surface area contributed by atoms with Gasteiger partial charge in [0.15, 0.2) is 0 Å². The summed E-state index contributed by atoms with van der Waals surface area (Å²) in [7, 11) is 0. The topological polar surface area (TPSA) is 241 Å². The Bertz CT molecular complexity index is 341. The summed E-state index contributed by atoms with van der Waals surface area (Å²) in [5.41, 5.74) is 0. The summed E-state index contributed by atoms with van der Waals surface area (Å²) in [6, 6.07) is 0. The zero-order valence-electron chi connectivity index (χ0n) is 6.68. The Kier molecular flexibility index (Phi) is 25.4. The maximum Gasteiger partial charge on any atom is 3.00 e. The Morgan fingerprint density at radius 2 is 0.412 bits per heavy atom. The van der Waals surface area contributed by atoms with Crippen molar-refractivity contribution in [2.24, 2.45) is 0 Å². The summed E-state index contributed by atoms with van der Waals surface area (Å²) in [6.45, 7) is 0. The molecule has 0 aromatic heterocycles. The first-order chi connectivity index (χ1) is 6.00. The second-order valence-electron chi connectivity index (χ2n) is 1.22. The molecule has 0 aliphatic rings. The molecule has 0 aliphatic heterocycles. The fourth-order valence-electron chi connectivity index (χ4n) is 0. The van der Waals surface area contributed by atoms with Crippen LogP contribution < -0.4 is 25.1 Å². The molecule has 0 aromatic carbocycles. The minimum Gasteiger partial charge on any atom is 3.00 e. The van der Waals surface area contributed by atoms with Crippen molar-refractivity contribution < 1.29 is 122 Å². The smallest absolute Gasteiger partial charge is 3.00 e. The molecule has 0 amide bonds. The Morgan fingerprint density at radius 3 is 0.412 bits per heavy atom. The van der Waals surface area contributed by atoms with Crippen LogP contribution in [0.5, 0.6) is 0 Å². The largest absolute Gasteiger partial charge is 3.00 e. The van der Waals surface area contributed by atoms with E-state index in [9.17, 15) is 0 Å². The third kappa shape index (κ3) is 765. The summed E-state index contributed by atoms with van der Waals surface area (Å²) in [5, 5.41) is 0. The van der Waals surface area contributed by atoms with Crippen LogP contribution in [0.1, 0.15) is 0 Å². The monoisotopic (exact) mass is 770 g/mol. The van der Waals surface area contributed by atoms with Crippen molar-refractivity contribution in [2.45, 2.75) is 0 Å². The molecular weight excluding hydrogens is 767 g/mol. The van der Waals surface area contributed by atoms with Crippen LogP contribution in [-0.2, 0) is 23.0 Å². The van der Waals surface area contributed by atoms with E-state index in [0.29, 0.717) is 0 Å². The SMILES string of the molecule is O=[Se](=O)([O-])[O-].O=[Se](=O)([O-])[O-].O=[Se](=O)([O-])[O-].[Tm+3].[Tm+3]. The molecule has 17 heteroatoms.